The number of halogens is 1. The quantitative estimate of drug-likeness (QED) is 0.426. The van der Waals surface area contributed by atoms with Gasteiger partial charge in [-0.3, -0.25) is 14.4 Å². The molecule has 0 bridgehead atoms. The molecular formula is C17H20BrNO4. The monoisotopic (exact) mass is 381 g/mol. The van der Waals surface area contributed by atoms with Crippen molar-refractivity contribution in [1.29, 1.82) is 0 Å². The summed E-state index contributed by atoms with van der Waals surface area (Å²) in [4.78, 5) is 35.8. The molecule has 0 aliphatic heterocycles. The Bertz CT molecular complexity index is 600. The Hall–Kier alpha value is -1.95. The summed E-state index contributed by atoms with van der Waals surface area (Å²) < 4.78 is 5.88. The zero-order chi connectivity index (χ0) is 17.4. The van der Waals surface area contributed by atoms with Gasteiger partial charge in [-0.05, 0) is 19.1 Å². The summed E-state index contributed by atoms with van der Waals surface area (Å²) in [5, 5.41) is 2.54. The predicted molar refractivity (Wildman–Crippen MR) is 91.0 cm³/mol. The number of amides is 1. The summed E-state index contributed by atoms with van der Waals surface area (Å²) in [6.45, 7) is 6.88. The Labute approximate surface area is 144 Å². The van der Waals surface area contributed by atoms with Gasteiger partial charge in [0.25, 0.3) is 5.91 Å². The summed E-state index contributed by atoms with van der Waals surface area (Å²) in [5.41, 5.74) is 0.524. The van der Waals surface area contributed by atoms with Crippen LogP contribution in [0.4, 0.5) is 0 Å². The van der Waals surface area contributed by atoms with Crippen molar-refractivity contribution >= 4 is 33.6 Å². The molecule has 0 saturated carbocycles. The smallest absolute Gasteiger partial charge is 0.309 e. The van der Waals surface area contributed by atoms with E-state index in [2.05, 4.69) is 27.8 Å². The standard InChI is InChI=1S/C17H20BrNO4/c1-4-8-19-16(21)12(3)23-17(22)11(2)9-15(20)13-6-5-7-14(18)10-13/h4-7,10-12H,1,8-9H2,2-3H3,(H,19,21)/t11-,12+/m1/s1. The van der Waals surface area contributed by atoms with Crippen LogP contribution in [-0.4, -0.2) is 30.3 Å². The van der Waals surface area contributed by atoms with Gasteiger partial charge in [-0.25, -0.2) is 0 Å². The van der Waals surface area contributed by atoms with Crippen LogP contribution in [0.2, 0.25) is 0 Å². The van der Waals surface area contributed by atoms with Crippen molar-refractivity contribution in [2.45, 2.75) is 26.4 Å². The molecule has 0 fully saturated rings. The van der Waals surface area contributed by atoms with Crippen LogP contribution in [0.1, 0.15) is 30.6 Å². The van der Waals surface area contributed by atoms with E-state index in [4.69, 9.17) is 4.74 Å². The highest BCUT2D eigenvalue weighted by atomic mass is 79.9. The summed E-state index contributed by atoms with van der Waals surface area (Å²) in [6, 6.07) is 6.96. The fraction of sp³-hybridized carbons (Fsp3) is 0.353. The molecule has 1 rings (SSSR count). The van der Waals surface area contributed by atoms with E-state index in [0.717, 1.165) is 4.47 Å². The maximum absolute atomic E-state index is 12.2. The Morgan fingerprint density at radius 2 is 2.04 bits per heavy atom. The first-order valence-corrected chi connectivity index (χ1v) is 8.02. The minimum Gasteiger partial charge on any atom is -0.452 e. The van der Waals surface area contributed by atoms with E-state index in [-0.39, 0.29) is 12.2 Å². The van der Waals surface area contributed by atoms with Crippen molar-refractivity contribution in [3.8, 4) is 0 Å². The summed E-state index contributed by atoms with van der Waals surface area (Å²) >= 11 is 3.30. The van der Waals surface area contributed by atoms with Crippen LogP contribution in [0.3, 0.4) is 0 Å². The van der Waals surface area contributed by atoms with Gasteiger partial charge in [0.2, 0.25) is 0 Å². The molecule has 124 valence electrons. The first kappa shape index (κ1) is 19.1. The van der Waals surface area contributed by atoms with Crippen molar-refractivity contribution < 1.29 is 19.1 Å². The molecule has 1 amide bonds. The van der Waals surface area contributed by atoms with E-state index < -0.39 is 23.9 Å². The third-order valence-electron chi connectivity index (χ3n) is 3.12. The molecule has 0 radical (unpaired) electrons. The van der Waals surface area contributed by atoms with E-state index in [9.17, 15) is 14.4 Å². The van der Waals surface area contributed by atoms with Crippen LogP contribution in [-0.2, 0) is 14.3 Å². The van der Waals surface area contributed by atoms with Crippen LogP contribution >= 0.6 is 15.9 Å². The maximum Gasteiger partial charge on any atom is 0.309 e. The van der Waals surface area contributed by atoms with Crippen LogP contribution < -0.4 is 5.32 Å². The number of carbonyl (C=O) groups excluding carboxylic acids is 3. The number of carbonyl (C=O) groups is 3. The number of nitrogens with one attached hydrogen (secondary N) is 1. The SMILES string of the molecule is C=CCNC(=O)[C@H](C)OC(=O)[C@H](C)CC(=O)c1cccc(Br)c1. The van der Waals surface area contributed by atoms with Gasteiger partial charge in [-0.15, -0.1) is 6.58 Å². The minimum absolute atomic E-state index is 0.0241. The molecule has 1 aromatic carbocycles. The number of esters is 1. The highest BCUT2D eigenvalue weighted by Gasteiger charge is 2.24. The van der Waals surface area contributed by atoms with Gasteiger partial charge in [-0.1, -0.05) is 41.1 Å². The van der Waals surface area contributed by atoms with Crippen LogP contribution in [0.15, 0.2) is 41.4 Å². The molecule has 0 aromatic heterocycles. The van der Waals surface area contributed by atoms with E-state index in [0.29, 0.717) is 12.1 Å². The van der Waals surface area contributed by atoms with Gasteiger partial charge in [0.05, 0.1) is 5.92 Å². The fourth-order valence-corrected chi connectivity index (χ4v) is 2.20. The Morgan fingerprint density at radius 1 is 1.35 bits per heavy atom. The zero-order valence-corrected chi connectivity index (χ0v) is 14.8. The first-order valence-electron chi connectivity index (χ1n) is 7.23. The second kappa shape index (κ2) is 9.25. The van der Waals surface area contributed by atoms with Crippen LogP contribution in [0.5, 0.6) is 0 Å². The Kier molecular flexibility index (Phi) is 7.68. The number of hydrogen-bond donors (Lipinski definition) is 1. The molecule has 0 aliphatic rings. The van der Waals surface area contributed by atoms with Gasteiger partial charge in [0, 0.05) is 23.0 Å². The largest absolute Gasteiger partial charge is 0.452 e. The molecule has 0 saturated heterocycles. The fourth-order valence-electron chi connectivity index (χ4n) is 1.80. The summed E-state index contributed by atoms with van der Waals surface area (Å²) in [6.07, 6.45) is 0.646. The molecule has 23 heavy (non-hydrogen) atoms. The van der Waals surface area contributed by atoms with Gasteiger partial charge in [0.15, 0.2) is 11.9 Å². The summed E-state index contributed by atoms with van der Waals surface area (Å²) in [7, 11) is 0. The third kappa shape index (κ3) is 6.36. The topological polar surface area (TPSA) is 72.5 Å². The molecule has 2 atom stereocenters. The Balaban J connectivity index is 2.55. The van der Waals surface area contributed by atoms with Crippen molar-refractivity contribution in [2.75, 3.05) is 6.54 Å². The van der Waals surface area contributed by atoms with E-state index in [1.807, 2.05) is 6.07 Å². The van der Waals surface area contributed by atoms with Crippen LogP contribution in [0.25, 0.3) is 0 Å². The van der Waals surface area contributed by atoms with E-state index >= 15 is 0 Å². The molecule has 1 aromatic rings. The number of Topliss-reactive ketones (excluding diaryl/α,β-unsaturated/α-hetero) is 1. The molecular weight excluding hydrogens is 362 g/mol. The van der Waals surface area contributed by atoms with Crippen molar-refractivity contribution in [3.05, 3.63) is 47.0 Å². The van der Waals surface area contributed by atoms with E-state index in [1.54, 1.807) is 25.1 Å². The Morgan fingerprint density at radius 3 is 2.65 bits per heavy atom. The lowest BCUT2D eigenvalue weighted by Crippen LogP contribution is -2.37. The number of benzene rings is 1. The average molecular weight is 382 g/mol. The lowest BCUT2D eigenvalue weighted by molar-refractivity contribution is -0.158. The number of ether oxygens (including phenoxy) is 1. The van der Waals surface area contributed by atoms with Gasteiger partial charge >= 0.3 is 5.97 Å². The number of ketones is 1. The molecule has 0 unspecified atom stereocenters. The highest BCUT2D eigenvalue weighted by molar-refractivity contribution is 9.10. The predicted octanol–water partition coefficient (Wildman–Crippen LogP) is 2.89. The molecule has 1 N–H and O–H groups in total. The van der Waals surface area contributed by atoms with Crippen LogP contribution in [0, 0.1) is 5.92 Å². The number of rotatable bonds is 8. The molecule has 0 heterocycles. The van der Waals surface area contributed by atoms with Gasteiger partial charge in [-0.2, -0.15) is 0 Å². The van der Waals surface area contributed by atoms with Gasteiger partial charge in [0.1, 0.15) is 0 Å². The van der Waals surface area contributed by atoms with Crippen molar-refractivity contribution in [3.63, 3.8) is 0 Å². The zero-order valence-electron chi connectivity index (χ0n) is 13.2. The highest BCUT2D eigenvalue weighted by Crippen LogP contribution is 2.16. The molecule has 0 spiro atoms. The van der Waals surface area contributed by atoms with Crippen molar-refractivity contribution in [1.82, 2.24) is 5.32 Å². The summed E-state index contributed by atoms with van der Waals surface area (Å²) in [5.74, 6) is -1.76. The van der Waals surface area contributed by atoms with Crippen molar-refractivity contribution in [2.24, 2.45) is 5.92 Å². The lowest BCUT2D eigenvalue weighted by atomic mass is 10.00. The number of hydrogen-bond acceptors (Lipinski definition) is 4. The average Bonchev–Trinajstić information content (AvgIpc) is 2.52. The van der Waals surface area contributed by atoms with Gasteiger partial charge < -0.3 is 10.1 Å². The first-order chi connectivity index (χ1) is 10.8. The minimum atomic E-state index is -0.911. The maximum atomic E-state index is 12.2. The second-order valence-electron chi connectivity index (χ2n) is 5.15. The lowest BCUT2D eigenvalue weighted by Gasteiger charge is -2.16. The molecule has 5 nitrogen and oxygen atoms in total. The van der Waals surface area contributed by atoms with E-state index in [1.165, 1.54) is 13.0 Å². The second-order valence-corrected chi connectivity index (χ2v) is 6.07. The molecule has 6 heteroatoms. The third-order valence-corrected chi connectivity index (χ3v) is 3.62. The molecule has 0 aliphatic carbocycles. The normalized spacial score (nSPS) is 12.8.